The highest BCUT2D eigenvalue weighted by atomic mass is 35.5. The lowest BCUT2D eigenvalue weighted by Gasteiger charge is -2.12. The van der Waals surface area contributed by atoms with Crippen LogP contribution in [0.4, 0.5) is 0 Å². The molecule has 2 aromatic heterocycles. The monoisotopic (exact) mass is 319 g/mol. The quantitative estimate of drug-likeness (QED) is 0.801. The van der Waals surface area contributed by atoms with Crippen molar-refractivity contribution in [1.29, 1.82) is 0 Å². The summed E-state index contributed by atoms with van der Waals surface area (Å²) in [5.41, 5.74) is 1.14. The number of aromatic nitrogens is 3. The minimum absolute atomic E-state index is 0.0309. The summed E-state index contributed by atoms with van der Waals surface area (Å²) in [7, 11) is 0. The van der Waals surface area contributed by atoms with Crippen LogP contribution in [0.1, 0.15) is 23.1 Å². The zero-order valence-electron chi connectivity index (χ0n) is 12.1. The van der Waals surface area contributed by atoms with Crippen molar-refractivity contribution in [3.05, 3.63) is 56.7 Å². The number of benzene rings is 1. The van der Waals surface area contributed by atoms with Crippen LogP contribution in [0, 0.1) is 13.8 Å². The molecule has 0 aliphatic heterocycles. The van der Waals surface area contributed by atoms with Gasteiger partial charge in [0.25, 0.3) is 5.56 Å². The summed E-state index contributed by atoms with van der Waals surface area (Å²) >= 11 is 5.82. The molecule has 3 aromatic rings. The van der Waals surface area contributed by atoms with Crippen molar-refractivity contribution in [2.24, 2.45) is 0 Å². The first-order valence-corrected chi connectivity index (χ1v) is 7.12. The molecule has 2 heterocycles. The van der Waals surface area contributed by atoms with Crippen LogP contribution in [0.3, 0.4) is 0 Å². The van der Waals surface area contributed by atoms with Crippen molar-refractivity contribution in [2.45, 2.75) is 26.5 Å². The Hall–Kier alpha value is -2.18. The van der Waals surface area contributed by atoms with E-state index in [9.17, 15) is 9.90 Å². The first-order valence-electron chi connectivity index (χ1n) is 6.74. The number of aryl methyl sites for hydroxylation is 2. The van der Waals surface area contributed by atoms with Crippen LogP contribution in [-0.4, -0.2) is 20.0 Å². The summed E-state index contributed by atoms with van der Waals surface area (Å²) in [5.74, 6) is 0.558. The lowest BCUT2D eigenvalue weighted by atomic mass is 10.1. The number of aliphatic hydroxyl groups excluding tert-OH is 1. The highest BCUT2D eigenvalue weighted by Gasteiger charge is 2.17. The maximum Gasteiger partial charge on any atom is 0.296 e. The van der Waals surface area contributed by atoms with E-state index in [0.29, 0.717) is 27.4 Å². The standard InChI is InChI=1S/C15H14ClN3O3/c1-8-13-9(2)22-18-14(13)15(21)19(17-8)7-12(20)10-3-5-11(16)6-4-10/h3-6,12,20H,7H2,1-2H3. The predicted molar refractivity (Wildman–Crippen MR) is 81.9 cm³/mol. The van der Waals surface area contributed by atoms with Crippen LogP contribution in [-0.2, 0) is 6.54 Å². The minimum Gasteiger partial charge on any atom is -0.386 e. The summed E-state index contributed by atoms with van der Waals surface area (Å²) < 4.78 is 6.26. The molecule has 0 radical (unpaired) electrons. The number of halogens is 1. The molecule has 0 fully saturated rings. The van der Waals surface area contributed by atoms with Crippen LogP contribution in [0.2, 0.25) is 5.02 Å². The molecule has 0 aliphatic carbocycles. The van der Waals surface area contributed by atoms with Gasteiger partial charge in [0.2, 0.25) is 0 Å². The molecule has 114 valence electrons. The van der Waals surface area contributed by atoms with Crippen LogP contribution in [0.25, 0.3) is 10.9 Å². The summed E-state index contributed by atoms with van der Waals surface area (Å²) in [4.78, 5) is 12.4. The Balaban J connectivity index is 1.99. The first-order chi connectivity index (χ1) is 10.5. The molecular formula is C15H14ClN3O3. The Morgan fingerprint density at radius 1 is 1.32 bits per heavy atom. The highest BCUT2D eigenvalue weighted by Crippen LogP contribution is 2.19. The minimum atomic E-state index is -0.868. The van der Waals surface area contributed by atoms with E-state index in [2.05, 4.69) is 10.3 Å². The summed E-state index contributed by atoms with van der Waals surface area (Å²) in [6, 6.07) is 6.80. The largest absolute Gasteiger partial charge is 0.386 e. The van der Waals surface area contributed by atoms with Crippen molar-refractivity contribution in [2.75, 3.05) is 0 Å². The fourth-order valence-corrected chi connectivity index (χ4v) is 2.55. The average molecular weight is 320 g/mol. The molecule has 0 saturated heterocycles. The van der Waals surface area contributed by atoms with E-state index in [0.717, 1.165) is 0 Å². The maximum atomic E-state index is 12.4. The molecule has 1 atom stereocenters. The third-order valence-corrected chi connectivity index (χ3v) is 3.78. The van der Waals surface area contributed by atoms with Crippen molar-refractivity contribution in [3.63, 3.8) is 0 Å². The van der Waals surface area contributed by atoms with Crippen LogP contribution < -0.4 is 5.56 Å². The zero-order chi connectivity index (χ0) is 15.9. The Bertz CT molecular complexity index is 883. The van der Waals surface area contributed by atoms with E-state index >= 15 is 0 Å². The normalized spacial score (nSPS) is 12.7. The van der Waals surface area contributed by atoms with Crippen molar-refractivity contribution < 1.29 is 9.63 Å². The van der Waals surface area contributed by atoms with Gasteiger partial charge >= 0.3 is 0 Å². The number of rotatable bonds is 3. The molecule has 1 unspecified atom stereocenters. The van der Waals surface area contributed by atoms with E-state index in [1.807, 2.05) is 0 Å². The lowest BCUT2D eigenvalue weighted by Crippen LogP contribution is -2.27. The van der Waals surface area contributed by atoms with Gasteiger partial charge < -0.3 is 9.63 Å². The summed E-state index contributed by atoms with van der Waals surface area (Å²) in [6.45, 7) is 3.54. The van der Waals surface area contributed by atoms with Crippen molar-refractivity contribution in [1.82, 2.24) is 14.9 Å². The number of aliphatic hydroxyl groups is 1. The molecule has 0 aliphatic rings. The Labute approximate surface area is 130 Å². The van der Waals surface area contributed by atoms with Gasteiger partial charge in [0.05, 0.1) is 23.7 Å². The fraction of sp³-hybridized carbons (Fsp3) is 0.267. The third kappa shape index (κ3) is 2.51. The smallest absolute Gasteiger partial charge is 0.296 e. The Morgan fingerprint density at radius 2 is 2.00 bits per heavy atom. The average Bonchev–Trinajstić information content (AvgIpc) is 2.88. The molecular weight excluding hydrogens is 306 g/mol. The first kappa shape index (κ1) is 14.7. The van der Waals surface area contributed by atoms with Crippen LogP contribution >= 0.6 is 11.6 Å². The maximum absolute atomic E-state index is 12.4. The van der Waals surface area contributed by atoms with E-state index in [4.69, 9.17) is 16.1 Å². The van der Waals surface area contributed by atoms with Gasteiger partial charge in [-0.2, -0.15) is 5.10 Å². The van der Waals surface area contributed by atoms with Gasteiger partial charge in [0.15, 0.2) is 5.52 Å². The second-order valence-electron chi connectivity index (χ2n) is 5.10. The molecule has 1 aromatic carbocycles. The zero-order valence-corrected chi connectivity index (χ0v) is 12.8. The molecule has 22 heavy (non-hydrogen) atoms. The Kier molecular flexibility index (Phi) is 3.72. The van der Waals surface area contributed by atoms with Crippen molar-refractivity contribution >= 4 is 22.5 Å². The van der Waals surface area contributed by atoms with Gasteiger partial charge in [-0.1, -0.05) is 28.9 Å². The predicted octanol–water partition coefficient (Wildman–Crippen LogP) is 2.39. The van der Waals surface area contributed by atoms with E-state index in [1.54, 1.807) is 38.1 Å². The topological polar surface area (TPSA) is 81.1 Å². The number of hydrogen-bond acceptors (Lipinski definition) is 5. The number of nitrogens with zero attached hydrogens (tertiary/aromatic N) is 3. The van der Waals surface area contributed by atoms with Gasteiger partial charge in [-0.15, -0.1) is 0 Å². The molecule has 7 heteroatoms. The van der Waals surface area contributed by atoms with Gasteiger partial charge in [-0.05, 0) is 31.5 Å². The highest BCUT2D eigenvalue weighted by molar-refractivity contribution is 6.30. The van der Waals surface area contributed by atoms with E-state index in [1.165, 1.54) is 4.68 Å². The van der Waals surface area contributed by atoms with Crippen molar-refractivity contribution in [3.8, 4) is 0 Å². The van der Waals surface area contributed by atoms with E-state index < -0.39 is 6.10 Å². The van der Waals surface area contributed by atoms with E-state index in [-0.39, 0.29) is 17.6 Å². The van der Waals surface area contributed by atoms with Gasteiger partial charge in [-0.3, -0.25) is 4.79 Å². The molecule has 0 saturated carbocycles. The second kappa shape index (κ2) is 5.55. The number of hydrogen-bond donors (Lipinski definition) is 1. The summed E-state index contributed by atoms with van der Waals surface area (Å²) in [6.07, 6.45) is -0.868. The molecule has 1 N–H and O–H groups in total. The number of fused-ring (bicyclic) bond motifs is 1. The molecule has 6 nitrogen and oxygen atoms in total. The fourth-order valence-electron chi connectivity index (χ4n) is 2.42. The van der Waals surface area contributed by atoms with Crippen LogP contribution in [0.15, 0.2) is 33.6 Å². The summed E-state index contributed by atoms with van der Waals surface area (Å²) in [5, 5.41) is 19.5. The molecule has 0 amide bonds. The Morgan fingerprint density at radius 3 is 2.68 bits per heavy atom. The van der Waals surface area contributed by atoms with Gasteiger partial charge in [0, 0.05) is 5.02 Å². The molecule has 3 rings (SSSR count). The SMILES string of the molecule is Cc1nn(CC(O)c2ccc(Cl)cc2)c(=O)c2noc(C)c12. The van der Waals surface area contributed by atoms with Gasteiger partial charge in [0.1, 0.15) is 5.76 Å². The third-order valence-electron chi connectivity index (χ3n) is 3.53. The lowest BCUT2D eigenvalue weighted by molar-refractivity contribution is 0.149. The molecule has 0 spiro atoms. The van der Waals surface area contributed by atoms with Gasteiger partial charge in [-0.25, -0.2) is 4.68 Å². The molecule has 0 bridgehead atoms. The van der Waals surface area contributed by atoms with Crippen LogP contribution in [0.5, 0.6) is 0 Å². The second-order valence-corrected chi connectivity index (χ2v) is 5.54.